The number of nitrogens with one attached hydrogen (secondary N) is 2. The molecule has 2 fully saturated rings. The average Bonchev–Trinajstić information content (AvgIpc) is 3.18. The van der Waals surface area contributed by atoms with Crippen molar-refractivity contribution in [3.63, 3.8) is 0 Å². The maximum atomic E-state index is 4.79. The Morgan fingerprint density at radius 3 is 2.57 bits per heavy atom. The van der Waals surface area contributed by atoms with Crippen LogP contribution in [-0.4, -0.2) is 61.1 Å². The van der Waals surface area contributed by atoms with Crippen molar-refractivity contribution in [1.29, 1.82) is 0 Å². The van der Waals surface area contributed by atoms with E-state index in [0.717, 1.165) is 36.9 Å². The highest BCUT2D eigenvalue weighted by Crippen LogP contribution is 2.28. The van der Waals surface area contributed by atoms with Gasteiger partial charge in [0.1, 0.15) is 0 Å². The van der Waals surface area contributed by atoms with E-state index in [1.807, 2.05) is 11.8 Å². The number of nitrogens with zero attached hydrogens (tertiary/aromatic N) is 2. The van der Waals surface area contributed by atoms with Gasteiger partial charge in [-0.2, -0.15) is 11.8 Å². The molecule has 0 spiro atoms. The zero-order valence-electron chi connectivity index (χ0n) is 15.0. The Labute approximate surface area is 164 Å². The monoisotopic (exact) mass is 454 g/mol. The maximum Gasteiger partial charge on any atom is 0.191 e. The Balaban J connectivity index is 0.00000264. The van der Waals surface area contributed by atoms with Crippen LogP contribution in [0, 0.1) is 0 Å². The van der Waals surface area contributed by atoms with E-state index in [9.17, 15) is 0 Å². The zero-order chi connectivity index (χ0) is 15.8. The molecule has 23 heavy (non-hydrogen) atoms. The van der Waals surface area contributed by atoms with E-state index in [4.69, 9.17) is 4.99 Å². The van der Waals surface area contributed by atoms with E-state index in [1.165, 1.54) is 44.9 Å². The SMILES string of the molecule is CCNC(=NCCN(C)C1CCCC1)NC1CCC(SC)C1.I. The van der Waals surface area contributed by atoms with E-state index in [-0.39, 0.29) is 24.0 Å². The van der Waals surface area contributed by atoms with Gasteiger partial charge in [0.2, 0.25) is 0 Å². The highest BCUT2D eigenvalue weighted by Gasteiger charge is 2.24. The summed E-state index contributed by atoms with van der Waals surface area (Å²) in [5.74, 6) is 1.01. The van der Waals surface area contributed by atoms with Crippen LogP contribution in [0.3, 0.4) is 0 Å². The van der Waals surface area contributed by atoms with Gasteiger partial charge in [-0.15, -0.1) is 24.0 Å². The highest BCUT2D eigenvalue weighted by atomic mass is 127. The van der Waals surface area contributed by atoms with Crippen molar-refractivity contribution in [3.8, 4) is 0 Å². The third-order valence-corrected chi connectivity index (χ3v) is 6.17. The summed E-state index contributed by atoms with van der Waals surface area (Å²) in [5.41, 5.74) is 0. The molecule has 136 valence electrons. The molecule has 2 aliphatic carbocycles. The molecule has 0 amide bonds. The topological polar surface area (TPSA) is 39.7 Å². The van der Waals surface area contributed by atoms with Crippen LogP contribution in [0.1, 0.15) is 51.9 Å². The van der Waals surface area contributed by atoms with Gasteiger partial charge in [-0.25, -0.2) is 0 Å². The molecule has 2 saturated carbocycles. The van der Waals surface area contributed by atoms with Crippen molar-refractivity contribution in [2.75, 3.05) is 32.9 Å². The minimum absolute atomic E-state index is 0. The standard InChI is InChI=1S/C17H34N4S.HI/c1-4-18-17(20-14-9-10-16(13-14)22-3)19-11-12-21(2)15-7-5-6-8-15;/h14-16H,4-13H2,1-3H3,(H2,18,19,20);1H. The predicted molar refractivity (Wildman–Crippen MR) is 114 cm³/mol. The van der Waals surface area contributed by atoms with Gasteiger partial charge >= 0.3 is 0 Å². The average molecular weight is 454 g/mol. The lowest BCUT2D eigenvalue weighted by atomic mass is 10.2. The second-order valence-electron chi connectivity index (χ2n) is 6.69. The maximum absolute atomic E-state index is 4.79. The van der Waals surface area contributed by atoms with Crippen LogP contribution in [0.15, 0.2) is 4.99 Å². The molecule has 2 atom stereocenters. The molecule has 0 aliphatic heterocycles. The van der Waals surface area contributed by atoms with Crippen molar-refractivity contribution < 1.29 is 0 Å². The summed E-state index contributed by atoms with van der Waals surface area (Å²) in [6.07, 6.45) is 11.7. The van der Waals surface area contributed by atoms with Crippen LogP contribution in [0.25, 0.3) is 0 Å². The summed E-state index contributed by atoms with van der Waals surface area (Å²) >= 11 is 2.01. The van der Waals surface area contributed by atoms with E-state index >= 15 is 0 Å². The molecule has 0 saturated heterocycles. The molecule has 6 heteroatoms. The Bertz CT molecular complexity index is 347. The van der Waals surface area contributed by atoms with Crippen molar-refractivity contribution in [2.24, 2.45) is 4.99 Å². The zero-order valence-corrected chi connectivity index (χ0v) is 18.2. The van der Waals surface area contributed by atoms with Crippen LogP contribution >= 0.6 is 35.7 Å². The Hall–Kier alpha value is 0.310. The van der Waals surface area contributed by atoms with Gasteiger partial charge in [0.25, 0.3) is 0 Å². The van der Waals surface area contributed by atoms with Gasteiger partial charge in [-0.1, -0.05) is 12.8 Å². The fourth-order valence-corrected chi connectivity index (χ4v) is 4.44. The normalized spacial score (nSPS) is 25.7. The lowest BCUT2D eigenvalue weighted by molar-refractivity contribution is 0.252. The van der Waals surface area contributed by atoms with Gasteiger partial charge in [0, 0.05) is 30.4 Å². The molecular weight excluding hydrogens is 419 g/mol. The molecular formula is C17H35IN4S. The lowest BCUT2D eigenvalue weighted by Crippen LogP contribution is -2.43. The summed E-state index contributed by atoms with van der Waals surface area (Å²) < 4.78 is 0. The van der Waals surface area contributed by atoms with E-state index in [0.29, 0.717) is 6.04 Å². The van der Waals surface area contributed by atoms with Gasteiger partial charge in [0.15, 0.2) is 5.96 Å². The van der Waals surface area contributed by atoms with Crippen LogP contribution in [0.4, 0.5) is 0 Å². The Kier molecular flexibility index (Phi) is 10.9. The number of guanidine groups is 1. The van der Waals surface area contributed by atoms with Crippen molar-refractivity contribution in [2.45, 2.75) is 69.2 Å². The van der Waals surface area contributed by atoms with Gasteiger partial charge in [-0.3, -0.25) is 4.99 Å². The van der Waals surface area contributed by atoms with Crippen molar-refractivity contribution >= 4 is 41.7 Å². The summed E-state index contributed by atoms with van der Waals surface area (Å²) in [6.45, 7) is 5.03. The predicted octanol–water partition coefficient (Wildman–Crippen LogP) is 3.32. The molecule has 4 nitrogen and oxygen atoms in total. The quantitative estimate of drug-likeness (QED) is 0.352. The fraction of sp³-hybridized carbons (Fsp3) is 0.941. The number of hydrogen-bond donors (Lipinski definition) is 2. The van der Waals surface area contributed by atoms with Gasteiger partial charge in [-0.05, 0) is 52.3 Å². The molecule has 2 aliphatic rings. The van der Waals surface area contributed by atoms with E-state index < -0.39 is 0 Å². The number of aliphatic imine (C=N–C) groups is 1. The minimum atomic E-state index is 0. The first-order chi connectivity index (χ1) is 10.7. The molecule has 0 radical (unpaired) electrons. The summed E-state index contributed by atoms with van der Waals surface area (Å²) in [6, 6.07) is 1.39. The van der Waals surface area contributed by atoms with Crippen LogP contribution in [0.2, 0.25) is 0 Å². The molecule has 0 aromatic carbocycles. The molecule has 2 unspecified atom stereocenters. The first-order valence-corrected chi connectivity index (χ1v) is 10.3. The third-order valence-electron chi connectivity index (χ3n) is 5.07. The minimum Gasteiger partial charge on any atom is -0.357 e. The molecule has 2 N–H and O–H groups in total. The third kappa shape index (κ3) is 7.38. The number of likely N-dealkylation sites (N-methyl/N-ethyl adjacent to an activating group) is 1. The fourth-order valence-electron chi connectivity index (χ4n) is 3.65. The van der Waals surface area contributed by atoms with Gasteiger partial charge in [0.05, 0.1) is 6.54 Å². The summed E-state index contributed by atoms with van der Waals surface area (Å²) in [5, 5.41) is 7.86. The van der Waals surface area contributed by atoms with E-state index in [2.05, 4.69) is 35.8 Å². The Morgan fingerprint density at radius 1 is 1.22 bits per heavy atom. The largest absolute Gasteiger partial charge is 0.357 e. The van der Waals surface area contributed by atoms with Crippen LogP contribution in [0.5, 0.6) is 0 Å². The number of rotatable bonds is 7. The molecule has 0 bridgehead atoms. The molecule has 0 aromatic rings. The highest BCUT2D eigenvalue weighted by molar-refractivity contribution is 14.0. The van der Waals surface area contributed by atoms with Crippen molar-refractivity contribution in [3.05, 3.63) is 0 Å². The molecule has 2 rings (SSSR count). The smallest absolute Gasteiger partial charge is 0.191 e. The number of thioether (sulfide) groups is 1. The number of halogens is 1. The first kappa shape index (κ1) is 21.4. The van der Waals surface area contributed by atoms with E-state index in [1.54, 1.807) is 0 Å². The summed E-state index contributed by atoms with van der Waals surface area (Å²) in [4.78, 5) is 7.28. The molecule has 0 aromatic heterocycles. The summed E-state index contributed by atoms with van der Waals surface area (Å²) in [7, 11) is 2.26. The Morgan fingerprint density at radius 2 is 1.96 bits per heavy atom. The lowest BCUT2D eigenvalue weighted by Gasteiger charge is -2.23. The van der Waals surface area contributed by atoms with Gasteiger partial charge < -0.3 is 15.5 Å². The van der Waals surface area contributed by atoms with Crippen molar-refractivity contribution in [1.82, 2.24) is 15.5 Å². The van der Waals surface area contributed by atoms with Crippen LogP contribution in [-0.2, 0) is 0 Å². The second kappa shape index (κ2) is 11.8. The number of hydrogen-bond acceptors (Lipinski definition) is 3. The van der Waals surface area contributed by atoms with Crippen LogP contribution < -0.4 is 10.6 Å². The molecule has 0 heterocycles. The second-order valence-corrected chi connectivity index (χ2v) is 7.83. The first-order valence-electron chi connectivity index (χ1n) is 9.00.